The molecule has 1 aromatic carbocycles. The number of benzene rings is 1. The molecule has 1 heterocycles. The summed E-state index contributed by atoms with van der Waals surface area (Å²) in [5.41, 5.74) is 3.00. The second kappa shape index (κ2) is 6.53. The standard InChI is InChI=1S/C18H27N3S/c1-4-19-17(21-9-10-22-18(2,3)13-21)20-12-15-11-14-7-5-6-8-16(14)15/h5-8,15H,4,9-13H2,1-3H3,(H,19,20). The highest BCUT2D eigenvalue weighted by Crippen LogP contribution is 2.35. The first-order chi connectivity index (χ1) is 10.6. The molecule has 3 nitrogen and oxygen atoms in total. The molecule has 1 aliphatic carbocycles. The molecule has 0 saturated carbocycles. The van der Waals surface area contributed by atoms with Crippen LogP contribution < -0.4 is 5.32 Å². The number of aliphatic imine (C=N–C) groups is 1. The van der Waals surface area contributed by atoms with Gasteiger partial charge in [0, 0.05) is 42.6 Å². The summed E-state index contributed by atoms with van der Waals surface area (Å²) in [6.07, 6.45) is 1.18. The average Bonchev–Trinajstić information content (AvgIpc) is 2.46. The number of guanidine groups is 1. The third-order valence-corrected chi connectivity index (χ3v) is 5.78. The highest BCUT2D eigenvalue weighted by Gasteiger charge is 2.29. The Balaban J connectivity index is 1.66. The SMILES string of the molecule is CCNC(=NCC1Cc2ccccc21)N1CCSC(C)(C)C1. The highest BCUT2D eigenvalue weighted by molar-refractivity contribution is 8.00. The van der Waals surface area contributed by atoms with E-state index in [1.54, 1.807) is 0 Å². The quantitative estimate of drug-likeness (QED) is 0.686. The van der Waals surface area contributed by atoms with E-state index in [1.165, 1.54) is 23.3 Å². The maximum atomic E-state index is 4.95. The van der Waals surface area contributed by atoms with Crippen LogP contribution in [0.1, 0.15) is 37.8 Å². The van der Waals surface area contributed by atoms with Crippen molar-refractivity contribution in [3.63, 3.8) is 0 Å². The zero-order valence-electron chi connectivity index (χ0n) is 13.9. The fraction of sp³-hybridized carbons (Fsp3) is 0.611. The Hall–Kier alpha value is -1.16. The lowest BCUT2D eigenvalue weighted by atomic mass is 9.78. The molecule has 1 unspecified atom stereocenters. The van der Waals surface area contributed by atoms with Crippen LogP contribution in [-0.4, -0.2) is 47.5 Å². The van der Waals surface area contributed by atoms with E-state index in [2.05, 4.69) is 67.0 Å². The molecule has 0 bridgehead atoms. The molecule has 1 aliphatic heterocycles. The predicted octanol–water partition coefficient (Wildman–Crippen LogP) is 3.12. The molecule has 1 atom stereocenters. The van der Waals surface area contributed by atoms with Crippen molar-refractivity contribution in [2.75, 3.05) is 31.9 Å². The number of thioether (sulfide) groups is 1. The minimum atomic E-state index is 0.317. The zero-order chi connectivity index (χ0) is 15.6. The zero-order valence-corrected chi connectivity index (χ0v) is 14.7. The second-order valence-corrected chi connectivity index (χ2v) is 8.63. The van der Waals surface area contributed by atoms with E-state index in [0.717, 1.165) is 32.1 Å². The smallest absolute Gasteiger partial charge is 0.194 e. The van der Waals surface area contributed by atoms with Gasteiger partial charge in [-0.15, -0.1) is 0 Å². The summed E-state index contributed by atoms with van der Waals surface area (Å²) in [7, 11) is 0. The molecule has 1 saturated heterocycles. The van der Waals surface area contributed by atoms with Crippen molar-refractivity contribution in [3.05, 3.63) is 35.4 Å². The van der Waals surface area contributed by atoms with Crippen molar-refractivity contribution in [2.45, 2.75) is 37.9 Å². The fourth-order valence-electron chi connectivity index (χ4n) is 3.35. The van der Waals surface area contributed by atoms with Gasteiger partial charge in [-0.3, -0.25) is 4.99 Å². The Kier molecular flexibility index (Phi) is 4.67. The molecule has 1 fully saturated rings. The topological polar surface area (TPSA) is 27.6 Å². The number of hydrogen-bond donors (Lipinski definition) is 1. The summed E-state index contributed by atoms with van der Waals surface area (Å²) in [5, 5.41) is 3.48. The minimum absolute atomic E-state index is 0.317. The average molecular weight is 318 g/mol. The third-order valence-electron chi connectivity index (χ3n) is 4.48. The van der Waals surface area contributed by atoms with Crippen molar-refractivity contribution in [1.29, 1.82) is 0 Å². The summed E-state index contributed by atoms with van der Waals surface area (Å²) in [6.45, 7) is 10.8. The van der Waals surface area contributed by atoms with Crippen LogP contribution in [0.3, 0.4) is 0 Å². The minimum Gasteiger partial charge on any atom is -0.357 e. The molecule has 22 heavy (non-hydrogen) atoms. The summed E-state index contributed by atoms with van der Waals surface area (Å²) < 4.78 is 0.317. The van der Waals surface area contributed by atoms with Crippen LogP contribution in [-0.2, 0) is 6.42 Å². The normalized spacial score (nSPS) is 23.7. The largest absolute Gasteiger partial charge is 0.357 e. The van der Waals surface area contributed by atoms with Gasteiger partial charge in [-0.05, 0) is 38.3 Å². The van der Waals surface area contributed by atoms with Gasteiger partial charge in [0.25, 0.3) is 0 Å². The second-order valence-electron chi connectivity index (χ2n) is 6.82. The first kappa shape index (κ1) is 15.7. The van der Waals surface area contributed by atoms with Crippen molar-refractivity contribution >= 4 is 17.7 Å². The third kappa shape index (κ3) is 3.43. The van der Waals surface area contributed by atoms with E-state index in [-0.39, 0.29) is 0 Å². The number of fused-ring (bicyclic) bond motifs is 1. The van der Waals surface area contributed by atoms with Crippen LogP contribution in [0.5, 0.6) is 0 Å². The molecular weight excluding hydrogens is 290 g/mol. The van der Waals surface area contributed by atoms with E-state index in [9.17, 15) is 0 Å². The molecule has 0 spiro atoms. The van der Waals surface area contributed by atoms with Gasteiger partial charge in [-0.1, -0.05) is 24.3 Å². The van der Waals surface area contributed by atoms with Crippen molar-refractivity contribution in [3.8, 4) is 0 Å². The summed E-state index contributed by atoms with van der Waals surface area (Å²) in [5.74, 6) is 2.89. The van der Waals surface area contributed by atoms with E-state index < -0.39 is 0 Å². The van der Waals surface area contributed by atoms with Crippen LogP contribution in [0.25, 0.3) is 0 Å². The Morgan fingerprint density at radius 2 is 2.23 bits per heavy atom. The first-order valence-corrected chi connectivity index (χ1v) is 9.32. The lowest BCUT2D eigenvalue weighted by molar-refractivity contribution is 0.375. The van der Waals surface area contributed by atoms with E-state index in [0.29, 0.717) is 10.7 Å². The molecule has 120 valence electrons. The summed E-state index contributed by atoms with van der Waals surface area (Å²) in [4.78, 5) is 7.38. The van der Waals surface area contributed by atoms with Crippen LogP contribution in [0.2, 0.25) is 0 Å². The van der Waals surface area contributed by atoms with Gasteiger partial charge < -0.3 is 10.2 Å². The summed E-state index contributed by atoms with van der Waals surface area (Å²) >= 11 is 2.07. The van der Waals surface area contributed by atoms with Gasteiger partial charge in [0.1, 0.15) is 0 Å². The van der Waals surface area contributed by atoms with Crippen molar-refractivity contribution < 1.29 is 0 Å². The van der Waals surface area contributed by atoms with E-state index in [1.807, 2.05) is 0 Å². The Morgan fingerprint density at radius 3 is 2.95 bits per heavy atom. The van der Waals surface area contributed by atoms with E-state index >= 15 is 0 Å². The molecule has 4 heteroatoms. The molecular formula is C18H27N3S. The van der Waals surface area contributed by atoms with Gasteiger partial charge >= 0.3 is 0 Å². The molecule has 2 aliphatic rings. The maximum Gasteiger partial charge on any atom is 0.194 e. The maximum absolute atomic E-state index is 4.95. The molecule has 3 rings (SSSR count). The molecule has 0 amide bonds. The number of hydrogen-bond acceptors (Lipinski definition) is 2. The van der Waals surface area contributed by atoms with Crippen LogP contribution in [0, 0.1) is 0 Å². The number of nitrogens with one attached hydrogen (secondary N) is 1. The van der Waals surface area contributed by atoms with Crippen LogP contribution in [0.4, 0.5) is 0 Å². The Bertz CT molecular complexity index is 553. The van der Waals surface area contributed by atoms with Crippen LogP contribution in [0.15, 0.2) is 29.3 Å². The highest BCUT2D eigenvalue weighted by atomic mass is 32.2. The van der Waals surface area contributed by atoms with Gasteiger partial charge in [0.2, 0.25) is 0 Å². The molecule has 1 N–H and O–H groups in total. The monoisotopic (exact) mass is 317 g/mol. The van der Waals surface area contributed by atoms with Gasteiger partial charge in [0.05, 0.1) is 0 Å². The number of nitrogens with zero attached hydrogens (tertiary/aromatic N) is 2. The summed E-state index contributed by atoms with van der Waals surface area (Å²) in [6, 6.07) is 8.78. The lowest BCUT2D eigenvalue weighted by Crippen LogP contribution is -2.51. The van der Waals surface area contributed by atoms with E-state index in [4.69, 9.17) is 4.99 Å². The Labute approximate surface area is 138 Å². The van der Waals surface area contributed by atoms with Crippen LogP contribution >= 0.6 is 11.8 Å². The Morgan fingerprint density at radius 1 is 1.41 bits per heavy atom. The van der Waals surface area contributed by atoms with Gasteiger partial charge in [-0.25, -0.2) is 0 Å². The first-order valence-electron chi connectivity index (χ1n) is 8.34. The molecule has 0 radical (unpaired) electrons. The van der Waals surface area contributed by atoms with Crippen molar-refractivity contribution in [2.24, 2.45) is 4.99 Å². The predicted molar refractivity (Wildman–Crippen MR) is 97.0 cm³/mol. The molecule has 1 aromatic rings. The fourth-order valence-corrected chi connectivity index (χ4v) is 4.46. The molecule has 0 aromatic heterocycles. The van der Waals surface area contributed by atoms with Crippen molar-refractivity contribution in [1.82, 2.24) is 10.2 Å². The van der Waals surface area contributed by atoms with Gasteiger partial charge in [-0.2, -0.15) is 11.8 Å². The van der Waals surface area contributed by atoms with Gasteiger partial charge in [0.15, 0.2) is 5.96 Å². The lowest BCUT2D eigenvalue weighted by Gasteiger charge is -2.39. The number of rotatable bonds is 3.